The van der Waals surface area contributed by atoms with Gasteiger partial charge in [-0.05, 0) is 50.5 Å². The van der Waals surface area contributed by atoms with Crippen molar-refractivity contribution >= 4 is 17.2 Å². The topological polar surface area (TPSA) is 93.8 Å². The largest absolute Gasteiger partial charge is 0.348 e. The van der Waals surface area contributed by atoms with Crippen LogP contribution >= 0.6 is 11.3 Å². The van der Waals surface area contributed by atoms with Gasteiger partial charge in [-0.25, -0.2) is 15.0 Å². The van der Waals surface area contributed by atoms with Crippen LogP contribution in [0.5, 0.6) is 0 Å². The first-order valence-corrected chi connectivity index (χ1v) is 9.74. The summed E-state index contributed by atoms with van der Waals surface area (Å²) in [6, 6.07) is 2.30. The lowest BCUT2D eigenvalue weighted by molar-refractivity contribution is 0.0759. The van der Waals surface area contributed by atoms with Crippen LogP contribution in [0.25, 0.3) is 10.8 Å². The average Bonchev–Trinajstić information content (AvgIpc) is 2.98. The molecule has 1 amide bonds. The summed E-state index contributed by atoms with van der Waals surface area (Å²) in [5, 5.41) is 3.99. The van der Waals surface area contributed by atoms with E-state index in [1.165, 1.54) is 30.6 Å². The van der Waals surface area contributed by atoms with Crippen molar-refractivity contribution in [3.63, 3.8) is 0 Å². The van der Waals surface area contributed by atoms with Crippen LogP contribution in [0.4, 0.5) is 0 Å². The molecule has 2 aliphatic carbocycles. The number of carbonyl (C=O) groups excluding carboxylic acids is 1. The van der Waals surface area contributed by atoms with E-state index >= 15 is 0 Å². The summed E-state index contributed by atoms with van der Waals surface area (Å²) in [6.07, 6.45) is 9.00. The first kappa shape index (κ1) is 16.6. The van der Waals surface area contributed by atoms with Gasteiger partial charge in [0, 0.05) is 24.5 Å². The lowest BCUT2D eigenvalue weighted by Crippen LogP contribution is -2.53. The summed E-state index contributed by atoms with van der Waals surface area (Å²) in [4.78, 5) is 26.5. The van der Waals surface area contributed by atoms with E-state index in [4.69, 9.17) is 5.73 Å². The molecule has 25 heavy (non-hydrogen) atoms. The number of fused-ring (bicyclic) bond motifs is 2. The number of thiazole rings is 1. The SMILES string of the molecule is Cc1nc(-c2ncccn2)sc1C(=O)NC1C2CCCC1CC(N)C2. The minimum atomic E-state index is -0.0189. The quantitative estimate of drug-likeness (QED) is 0.880. The number of nitrogens with zero attached hydrogens (tertiary/aromatic N) is 3. The first-order chi connectivity index (χ1) is 12.1. The van der Waals surface area contributed by atoms with Gasteiger partial charge in [0.1, 0.15) is 4.88 Å². The van der Waals surface area contributed by atoms with E-state index in [1.54, 1.807) is 18.5 Å². The Morgan fingerprint density at radius 2 is 1.92 bits per heavy atom. The molecule has 2 atom stereocenters. The monoisotopic (exact) mass is 357 g/mol. The van der Waals surface area contributed by atoms with Gasteiger partial charge in [0.25, 0.3) is 5.91 Å². The summed E-state index contributed by atoms with van der Waals surface area (Å²) >= 11 is 1.37. The van der Waals surface area contributed by atoms with Gasteiger partial charge in [-0.15, -0.1) is 11.3 Å². The number of rotatable bonds is 3. The molecule has 0 aliphatic heterocycles. The lowest BCUT2D eigenvalue weighted by Gasteiger charge is -2.45. The van der Waals surface area contributed by atoms with Crippen molar-refractivity contribution in [2.75, 3.05) is 0 Å². The maximum absolute atomic E-state index is 12.9. The molecule has 3 N–H and O–H groups in total. The second-order valence-electron chi connectivity index (χ2n) is 7.19. The highest BCUT2D eigenvalue weighted by Crippen LogP contribution is 2.40. The Bertz CT molecular complexity index is 748. The van der Waals surface area contributed by atoms with E-state index in [9.17, 15) is 4.79 Å². The Kier molecular flexibility index (Phi) is 4.52. The van der Waals surface area contributed by atoms with E-state index < -0.39 is 0 Å². The predicted octanol–water partition coefficient (Wildman–Crippen LogP) is 2.54. The zero-order valence-electron chi connectivity index (χ0n) is 14.3. The van der Waals surface area contributed by atoms with Gasteiger partial charge >= 0.3 is 0 Å². The molecule has 2 heterocycles. The van der Waals surface area contributed by atoms with E-state index in [1.807, 2.05) is 6.92 Å². The highest BCUT2D eigenvalue weighted by Gasteiger charge is 2.40. The van der Waals surface area contributed by atoms with Crippen molar-refractivity contribution in [1.82, 2.24) is 20.3 Å². The Morgan fingerprint density at radius 1 is 1.24 bits per heavy atom. The van der Waals surface area contributed by atoms with E-state index in [0.29, 0.717) is 27.5 Å². The molecule has 7 heteroatoms. The highest BCUT2D eigenvalue weighted by atomic mass is 32.1. The number of hydrogen-bond donors (Lipinski definition) is 2. The van der Waals surface area contributed by atoms with E-state index in [2.05, 4.69) is 20.3 Å². The fourth-order valence-electron chi connectivity index (χ4n) is 4.35. The van der Waals surface area contributed by atoms with Gasteiger partial charge in [-0.1, -0.05) is 6.42 Å². The van der Waals surface area contributed by atoms with Crippen molar-refractivity contribution < 1.29 is 4.79 Å². The number of amides is 1. The van der Waals surface area contributed by atoms with Crippen LogP contribution in [0, 0.1) is 18.8 Å². The first-order valence-electron chi connectivity index (χ1n) is 8.93. The molecule has 0 spiro atoms. The van der Waals surface area contributed by atoms with Crippen molar-refractivity contribution in [1.29, 1.82) is 0 Å². The fraction of sp³-hybridized carbons (Fsp3) is 0.556. The van der Waals surface area contributed by atoms with Crippen LogP contribution in [0.3, 0.4) is 0 Å². The Balaban J connectivity index is 1.53. The molecule has 2 aromatic rings. The van der Waals surface area contributed by atoms with E-state index in [-0.39, 0.29) is 18.0 Å². The maximum atomic E-state index is 12.9. The number of nitrogens with one attached hydrogen (secondary N) is 1. The molecule has 0 aromatic carbocycles. The third-order valence-electron chi connectivity index (χ3n) is 5.43. The molecule has 132 valence electrons. The summed E-state index contributed by atoms with van der Waals surface area (Å²) in [7, 11) is 0. The van der Waals surface area contributed by atoms with Crippen LogP contribution in [0.15, 0.2) is 18.5 Å². The van der Waals surface area contributed by atoms with Gasteiger partial charge in [0.15, 0.2) is 10.8 Å². The number of nitrogens with two attached hydrogens (primary N) is 1. The van der Waals surface area contributed by atoms with Gasteiger partial charge in [0.05, 0.1) is 5.69 Å². The fourth-order valence-corrected chi connectivity index (χ4v) is 5.27. The van der Waals surface area contributed by atoms with Gasteiger partial charge in [-0.2, -0.15) is 0 Å². The third-order valence-corrected chi connectivity index (χ3v) is 6.59. The third kappa shape index (κ3) is 3.30. The summed E-state index contributed by atoms with van der Waals surface area (Å²) < 4.78 is 0. The van der Waals surface area contributed by atoms with Gasteiger partial charge in [0.2, 0.25) is 0 Å². The van der Waals surface area contributed by atoms with Crippen LogP contribution in [0.1, 0.15) is 47.5 Å². The highest BCUT2D eigenvalue weighted by molar-refractivity contribution is 7.17. The molecule has 6 nitrogen and oxygen atoms in total. The average molecular weight is 357 g/mol. The van der Waals surface area contributed by atoms with Crippen LogP contribution in [-0.4, -0.2) is 32.9 Å². The molecule has 2 fully saturated rings. The normalized spacial score (nSPS) is 28.6. The number of aromatic nitrogens is 3. The molecule has 0 radical (unpaired) electrons. The maximum Gasteiger partial charge on any atom is 0.263 e. The molecule has 2 saturated carbocycles. The number of aryl methyl sites for hydroxylation is 1. The summed E-state index contributed by atoms with van der Waals surface area (Å²) in [5.74, 6) is 1.57. The lowest BCUT2D eigenvalue weighted by atomic mass is 9.67. The molecular formula is C18H23N5OS. The number of carbonyl (C=O) groups is 1. The minimum absolute atomic E-state index is 0.0189. The van der Waals surface area contributed by atoms with Gasteiger partial charge in [-0.3, -0.25) is 4.79 Å². The standard InChI is InChI=1S/C18H23N5OS/c1-10-15(25-18(22-10)16-20-6-3-7-21-16)17(24)23-14-11-4-2-5-12(14)9-13(19)8-11/h3,6-7,11-14H,2,4-5,8-9,19H2,1H3,(H,23,24). The van der Waals surface area contributed by atoms with Crippen molar-refractivity contribution in [2.24, 2.45) is 17.6 Å². The second kappa shape index (κ2) is 6.80. The second-order valence-corrected chi connectivity index (χ2v) is 8.19. The van der Waals surface area contributed by atoms with Crippen LogP contribution in [0.2, 0.25) is 0 Å². The zero-order valence-corrected chi connectivity index (χ0v) is 15.1. The van der Waals surface area contributed by atoms with Crippen molar-refractivity contribution in [3.05, 3.63) is 29.0 Å². The molecule has 2 unspecified atom stereocenters. The number of hydrogen-bond acceptors (Lipinski definition) is 6. The molecular weight excluding hydrogens is 334 g/mol. The van der Waals surface area contributed by atoms with Gasteiger partial charge < -0.3 is 11.1 Å². The predicted molar refractivity (Wildman–Crippen MR) is 97.2 cm³/mol. The van der Waals surface area contributed by atoms with Crippen LogP contribution < -0.4 is 11.1 Å². The van der Waals surface area contributed by atoms with E-state index in [0.717, 1.165) is 18.5 Å². The van der Waals surface area contributed by atoms with Crippen molar-refractivity contribution in [2.45, 2.75) is 51.1 Å². The molecule has 2 bridgehead atoms. The zero-order chi connectivity index (χ0) is 17.4. The smallest absolute Gasteiger partial charge is 0.263 e. The van der Waals surface area contributed by atoms with Crippen molar-refractivity contribution in [3.8, 4) is 10.8 Å². The van der Waals surface area contributed by atoms with Crippen LogP contribution in [-0.2, 0) is 0 Å². The summed E-state index contributed by atoms with van der Waals surface area (Å²) in [6.45, 7) is 1.87. The Labute approximate surface area is 151 Å². The molecule has 2 aliphatic rings. The minimum Gasteiger partial charge on any atom is -0.348 e. The Morgan fingerprint density at radius 3 is 2.60 bits per heavy atom. The molecule has 0 saturated heterocycles. The molecule has 2 aromatic heterocycles. The Hall–Kier alpha value is -1.86. The molecule has 4 rings (SSSR count). The summed E-state index contributed by atoms with van der Waals surface area (Å²) in [5.41, 5.74) is 6.93.